The van der Waals surface area contributed by atoms with Gasteiger partial charge in [0.15, 0.2) is 6.29 Å². The molecule has 0 heterocycles. The molecule has 1 nitrogen and oxygen atoms in total. The summed E-state index contributed by atoms with van der Waals surface area (Å²) in [5.41, 5.74) is 9.17. The molecule has 0 fully saturated rings. The van der Waals surface area contributed by atoms with Gasteiger partial charge in [-0.2, -0.15) is 0 Å². The van der Waals surface area contributed by atoms with Crippen molar-refractivity contribution < 1.29 is 4.79 Å². The summed E-state index contributed by atoms with van der Waals surface area (Å²) in [6.45, 7) is 0. The maximum Gasteiger partial charge on any atom is 0.150 e. The number of hydrogen-bond acceptors (Lipinski definition) is 1. The molecule has 0 atom stereocenters. The van der Waals surface area contributed by atoms with Crippen LogP contribution in [0.2, 0.25) is 0 Å². The Balaban J connectivity index is 1.92. The van der Waals surface area contributed by atoms with Crippen LogP contribution in [-0.4, -0.2) is 6.29 Å². The van der Waals surface area contributed by atoms with Gasteiger partial charge in [-0.25, -0.2) is 0 Å². The van der Waals surface area contributed by atoms with E-state index in [1.54, 1.807) is 0 Å². The molecular weight excluding hydrogens is 292 g/mol. The molecule has 3 aromatic carbocycles. The Bertz CT molecular complexity index is 981. The highest BCUT2D eigenvalue weighted by Gasteiger charge is 2.23. The van der Waals surface area contributed by atoms with Gasteiger partial charge in [0.25, 0.3) is 0 Å². The van der Waals surface area contributed by atoms with Crippen LogP contribution in [0, 0.1) is 0 Å². The number of benzene rings is 3. The predicted octanol–water partition coefficient (Wildman–Crippen LogP) is 5.30. The second-order valence-electron chi connectivity index (χ2n) is 7.11. The minimum absolute atomic E-state index is 0.805. The lowest BCUT2D eigenvalue weighted by molar-refractivity contribution is 0.112. The van der Waals surface area contributed by atoms with Gasteiger partial charge in [-0.3, -0.25) is 4.79 Å². The van der Waals surface area contributed by atoms with Gasteiger partial charge >= 0.3 is 0 Å². The molecule has 0 saturated carbocycles. The number of rotatable bonds is 2. The number of carbonyl (C=O) groups is 1. The van der Waals surface area contributed by atoms with Gasteiger partial charge in [-0.1, -0.05) is 42.5 Å². The molecule has 0 amide bonds. The summed E-state index contributed by atoms with van der Waals surface area (Å²) in [7, 11) is 0. The third kappa shape index (κ3) is 1.91. The highest BCUT2D eigenvalue weighted by Crippen LogP contribution is 2.42. The Kier molecular flexibility index (Phi) is 3.09. The number of aldehydes is 1. The highest BCUT2D eigenvalue weighted by molar-refractivity contribution is 6.01. The van der Waals surface area contributed by atoms with E-state index in [2.05, 4.69) is 24.3 Å². The Morgan fingerprint density at radius 1 is 0.708 bits per heavy atom. The molecule has 3 aromatic rings. The lowest BCUT2D eigenvalue weighted by Gasteiger charge is -2.27. The van der Waals surface area contributed by atoms with Crippen LogP contribution in [-0.2, 0) is 25.7 Å². The average molecular weight is 312 g/mol. The predicted molar refractivity (Wildman–Crippen MR) is 98.8 cm³/mol. The van der Waals surface area contributed by atoms with Crippen molar-refractivity contribution in [2.45, 2.75) is 38.5 Å². The number of hydrogen-bond donors (Lipinski definition) is 0. The van der Waals surface area contributed by atoms with Crippen LogP contribution in [0.5, 0.6) is 0 Å². The topological polar surface area (TPSA) is 17.1 Å². The minimum Gasteiger partial charge on any atom is -0.298 e. The first-order valence-electron chi connectivity index (χ1n) is 9.00. The summed E-state index contributed by atoms with van der Waals surface area (Å²) in [4.78, 5) is 11.6. The summed E-state index contributed by atoms with van der Waals surface area (Å²) < 4.78 is 0. The first kappa shape index (κ1) is 14.0. The Morgan fingerprint density at radius 2 is 1.42 bits per heavy atom. The van der Waals surface area contributed by atoms with Crippen molar-refractivity contribution in [2.24, 2.45) is 0 Å². The van der Waals surface area contributed by atoms with E-state index in [1.165, 1.54) is 64.3 Å². The molecule has 0 bridgehead atoms. The number of carbonyl (C=O) groups excluding carboxylic acids is 1. The van der Waals surface area contributed by atoms with E-state index in [1.807, 2.05) is 18.2 Å². The van der Waals surface area contributed by atoms with Crippen LogP contribution in [0.25, 0.3) is 21.9 Å². The summed E-state index contributed by atoms with van der Waals surface area (Å²) in [6.07, 6.45) is 8.10. The highest BCUT2D eigenvalue weighted by atomic mass is 16.1. The normalized spacial score (nSPS) is 15.5. The zero-order valence-electron chi connectivity index (χ0n) is 13.8. The van der Waals surface area contributed by atoms with Crippen LogP contribution in [0.1, 0.15) is 45.5 Å². The van der Waals surface area contributed by atoms with E-state index >= 15 is 0 Å². The molecule has 0 saturated heterocycles. The maximum atomic E-state index is 11.6. The first-order valence-corrected chi connectivity index (χ1v) is 9.00. The van der Waals surface area contributed by atoms with Crippen LogP contribution in [0.3, 0.4) is 0 Å². The quantitative estimate of drug-likeness (QED) is 0.587. The van der Waals surface area contributed by atoms with Crippen LogP contribution in [0.4, 0.5) is 0 Å². The summed E-state index contributed by atoms with van der Waals surface area (Å²) in [5.74, 6) is 0. The van der Waals surface area contributed by atoms with Crippen molar-refractivity contribution in [3.63, 3.8) is 0 Å². The zero-order chi connectivity index (χ0) is 16.1. The molecule has 0 N–H and O–H groups in total. The van der Waals surface area contributed by atoms with E-state index in [4.69, 9.17) is 0 Å². The third-order valence-corrected chi connectivity index (χ3v) is 5.79. The van der Waals surface area contributed by atoms with Crippen molar-refractivity contribution in [2.75, 3.05) is 0 Å². The van der Waals surface area contributed by atoms with Gasteiger partial charge in [0.1, 0.15) is 0 Å². The van der Waals surface area contributed by atoms with E-state index in [0.717, 1.165) is 30.3 Å². The Morgan fingerprint density at radius 3 is 2.25 bits per heavy atom. The molecule has 5 rings (SSSR count). The van der Waals surface area contributed by atoms with Gasteiger partial charge in [-0.05, 0) is 82.7 Å². The molecule has 24 heavy (non-hydrogen) atoms. The van der Waals surface area contributed by atoms with Crippen molar-refractivity contribution in [3.8, 4) is 11.1 Å². The minimum atomic E-state index is 0.805. The molecule has 0 unspecified atom stereocenters. The molecule has 1 heteroatoms. The Labute approximate surface area is 142 Å². The molecule has 0 aliphatic heterocycles. The van der Waals surface area contributed by atoms with Crippen LogP contribution < -0.4 is 0 Å². The smallest absolute Gasteiger partial charge is 0.150 e. The monoisotopic (exact) mass is 312 g/mol. The summed E-state index contributed by atoms with van der Waals surface area (Å²) in [5, 5.41) is 3.03. The molecule has 2 aliphatic rings. The largest absolute Gasteiger partial charge is 0.298 e. The zero-order valence-corrected chi connectivity index (χ0v) is 13.8. The lowest BCUT2D eigenvalue weighted by Crippen LogP contribution is -2.10. The fraction of sp³-hybridized carbons (Fsp3) is 0.261. The third-order valence-electron chi connectivity index (χ3n) is 5.79. The summed E-state index contributed by atoms with van der Waals surface area (Å²) >= 11 is 0. The van der Waals surface area contributed by atoms with Crippen molar-refractivity contribution >= 4 is 17.1 Å². The van der Waals surface area contributed by atoms with E-state index in [9.17, 15) is 4.79 Å². The van der Waals surface area contributed by atoms with E-state index in [0.29, 0.717) is 0 Å². The average Bonchev–Trinajstić information content (AvgIpc) is 2.66. The van der Waals surface area contributed by atoms with Gasteiger partial charge < -0.3 is 0 Å². The first-order chi connectivity index (χ1) is 11.9. The fourth-order valence-electron chi connectivity index (χ4n) is 4.75. The molecule has 118 valence electrons. The second kappa shape index (κ2) is 5.31. The molecule has 0 aromatic heterocycles. The van der Waals surface area contributed by atoms with Crippen molar-refractivity contribution in [1.82, 2.24) is 0 Å². The molecular formula is C23H20O. The number of aryl methyl sites for hydroxylation is 4. The molecule has 0 radical (unpaired) electrons. The van der Waals surface area contributed by atoms with Crippen molar-refractivity contribution in [1.29, 1.82) is 0 Å². The molecule has 0 spiro atoms. The van der Waals surface area contributed by atoms with Gasteiger partial charge in [0.2, 0.25) is 0 Å². The standard InChI is InChI=1S/C23H20O/c24-14-18-5-1-2-9-19(18)21-13-17-8-3-6-15-11-12-16-7-4-10-20(21)23(16)22(15)17/h1-2,5,9,11-14H,3-4,6-8,10H2. The van der Waals surface area contributed by atoms with Crippen LogP contribution >= 0.6 is 0 Å². The summed E-state index contributed by atoms with van der Waals surface area (Å²) in [6, 6.07) is 15.1. The van der Waals surface area contributed by atoms with E-state index in [-0.39, 0.29) is 0 Å². The van der Waals surface area contributed by atoms with Gasteiger partial charge in [0, 0.05) is 5.56 Å². The van der Waals surface area contributed by atoms with Gasteiger partial charge in [0.05, 0.1) is 0 Å². The van der Waals surface area contributed by atoms with Crippen LogP contribution in [0.15, 0.2) is 42.5 Å². The van der Waals surface area contributed by atoms with E-state index < -0.39 is 0 Å². The van der Waals surface area contributed by atoms with Crippen molar-refractivity contribution in [3.05, 3.63) is 70.3 Å². The fourth-order valence-corrected chi connectivity index (χ4v) is 4.75. The maximum absolute atomic E-state index is 11.6. The Hall–Kier alpha value is -2.41. The van der Waals surface area contributed by atoms with Gasteiger partial charge in [-0.15, -0.1) is 0 Å². The molecule has 2 aliphatic carbocycles. The second-order valence-corrected chi connectivity index (χ2v) is 7.11. The SMILES string of the molecule is O=Cc1ccccc1-c1cc2c3c(ccc4c3c1CCC4)CCC2. The lowest BCUT2D eigenvalue weighted by atomic mass is 9.77.